The maximum atomic E-state index is 3.70. The number of thioether (sulfide) groups is 1. The van der Waals surface area contributed by atoms with Crippen molar-refractivity contribution >= 4 is 11.8 Å². The molecule has 2 rings (SSSR count). The number of nitrogens with zero attached hydrogens (tertiary/aromatic N) is 1. The highest BCUT2D eigenvalue weighted by molar-refractivity contribution is 7.98. The van der Waals surface area contributed by atoms with Crippen molar-refractivity contribution < 1.29 is 0 Å². The Bertz CT molecular complexity index is 171. The van der Waals surface area contributed by atoms with E-state index in [1.807, 2.05) is 11.8 Å². The Morgan fingerprint density at radius 3 is 3.00 bits per heavy atom. The Kier molecular flexibility index (Phi) is 4.14. The fourth-order valence-corrected chi connectivity index (χ4v) is 2.70. The lowest BCUT2D eigenvalue weighted by molar-refractivity contribution is 0.273. The van der Waals surface area contributed by atoms with Crippen molar-refractivity contribution in [1.29, 1.82) is 0 Å². The van der Waals surface area contributed by atoms with Gasteiger partial charge in [0, 0.05) is 24.9 Å². The molecule has 0 radical (unpaired) electrons. The van der Waals surface area contributed by atoms with E-state index in [1.165, 1.54) is 51.2 Å². The molecular weight excluding hydrogens is 192 g/mol. The van der Waals surface area contributed by atoms with Crippen molar-refractivity contribution in [2.45, 2.75) is 25.3 Å². The zero-order valence-electron chi connectivity index (χ0n) is 9.17. The Labute approximate surface area is 91.8 Å². The summed E-state index contributed by atoms with van der Waals surface area (Å²) in [4.78, 5) is 2.65. The van der Waals surface area contributed by atoms with E-state index in [9.17, 15) is 0 Å². The molecule has 1 N–H and O–H groups in total. The number of rotatable bonds is 4. The highest BCUT2D eigenvalue weighted by Gasteiger charge is 2.32. The second-order valence-electron chi connectivity index (χ2n) is 4.55. The van der Waals surface area contributed by atoms with Crippen LogP contribution in [0.3, 0.4) is 0 Å². The monoisotopic (exact) mass is 214 g/mol. The summed E-state index contributed by atoms with van der Waals surface area (Å²) < 4.78 is 0. The normalized spacial score (nSPS) is 30.2. The van der Waals surface area contributed by atoms with Crippen LogP contribution < -0.4 is 5.32 Å². The van der Waals surface area contributed by atoms with Crippen LogP contribution in [0, 0.1) is 5.92 Å². The summed E-state index contributed by atoms with van der Waals surface area (Å²) in [7, 11) is 0. The Hall–Kier alpha value is 0.270. The molecule has 0 aromatic rings. The SMILES string of the molecule is CSCCN1CCCNC(C2CC2)C1. The molecule has 2 nitrogen and oxygen atoms in total. The van der Waals surface area contributed by atoms with Crippen LogP contribution in [0.25, 0.3) is 0 Å². The van der Waals surface area contributed by atoms with Gasteiger partial charge in [-0.2, -0.15) is 11.8 Å². The van der Waals surface area contributed by atoms with Gasteiger partial charge in [0.1, 0.15) is 0 Å². The minimum absolute atomic E-state index is 0.805. The quantitative estimate of drug-likeness (QED) is 0.762. The van der Waals surface area contributed by atoms with Crippen LogP contribution in [0.5, 0.6) is 0 Å². The minimum atomic E-state index is 0.805. The van der Waals surface area contributed by atoms with Gasteiger partial charge in [0.2, 0.25) is 0 Å². The molecule has 1 aliphatic carbocycles. The number of hydrogen-bond donors (Lipinski definition) is 1. The first-order valence-electron chi connectivity index (χ1n) is 5.85. The van der Waals surface area contributed by atoms with Gasteiger partial charge in [-0.05, 0) is 44.5 Å². The lowest BCUT2D eigenvalue weighted by atomic mass is 10.2. The molecule has 1 heterocycles. The molecule has 2 fully saturated rings. The Morgan fingerprint density at radius 1 is 1.43 bits per heavy atom. The molecule has 3 heteroatoms. The van der Waals surface area contributed by atoms with Crippen molar-refractivity contribution in [3.63, 3.8) is 0 Å². The van der Waals surface area contributed by atoms with Gasteiger partial charge in [-0.1, -0.05) is 0 Å². The highest BCUT2D eigenvalue weighted by atomic mass is 32.2. The molecule has 82 valence electrons. The third-order valence-electron chi connectivity index (χ3n) is 3.32. The molecule has 2 aliphatic rings. The summed E-state index contributed by atoms with van der Waals surface area (Å²) in [6.45, 7) is 5.12. The fourth-order valence-electron chi connectivity index (χ4n) is 2.26. The van der Waals surface area contributed by atoms with Gasteiger partial charge < -0.3 is 10.2 Å². The van der Waals surface area contributed by atoms with E-state index in [1.54, 1.807) is 0 Å². The minimum Gasteiger partial charge on any atom is -0.312 e. The second kappa shape index (κ2) is 5.38. The zero-order valence-corrected chi connectivity index (χ0v) is 9.98. The van der Waals surface area contributed by atoms with Crippen LogP contribution in [0.15, 0.2) is 0 Å². The first-order valence-corrected chi connectivity index (χ1v) is 7.24. The van der Waals surface area contributed by atoms with Gasteiger partial charge >= 0.3 is 0 Å². The van der Waals surface area contributed by atoms with Crippen LogP contribution in [-0.2, 0) is 0 Å². The third-order valence-corrected chi connectivity index (χ3v) is 3.91. The van der Waals surface area contributed by atoms with Crippen LogP contribution in [0.1, 0.15) is 19.3 Å². The molecule has 1 aliphatic heterocycles. The van der Waals surface area contributed by atoms with Crippen LogP contribution in [-0.4, -0.2) is 49.1 Å². The fraction of sp³-hybridized carbons (Fsp3) is 1.00. The predicted octanol–water partition coefficient (Wildman–Crippen LogP) is 1.42. The molecule has 0 aromatic carbocycles. The molecule has 0 spiro atoms. The average molecular weight is 214 g/mol. The maximum absolute atomic E-state index is 3.70. The maximum Gasteiger partial charge on any atom is 0.0223 e. The van der Waals surface area contributed by atoms with Crippen molar-refractivity contribution in [3.8, 4) is 0 Å². The summed E-state index contributed by atoms with van der Waals surface area (Å²) in [5, 5.41) is 3.70. The molecule has 1 unspecified atom stereocenters. The largest absolute Gasteiger partial charge is 0.312 e. The average Bonchev–Trinajstić information content (AvgIpc) is 3.00. The van der Waals surface area contributed by atoms with E-state index in [-0.39, 0.29) is 0 Å². The summed E-state index contributed by atoms with van der Waals surface area (Å²) in [5.41, 5.74) is 0. The first kappa shape index (κ1) is 10.8. The second-order valence-corrected chi connectivity index (χ2v) is 5.53. The van der Waals surface area contributed by atoms with Crippen LogP contribution in [0.2, 0.25) is 0 Å². The van der Waals surface area contributed by atoms with Gasteiger partial charge in [0.05, 0.1) is 0 Å². The van der Waals surface area contributed by atoms with Gasteiger partial charge in [-0.3, -0.25) is 0 Å². The van der Waals surface area contributed by atoms with Crippen molar-refractivity contribution in [3.05, 3.63) is 0 Å². The lowest BCUT2D eigenvalue weighted by Gasteiger charge is -2.23. The molecule has 0 bridgehead atoms. The number of hydrogen-bond acceptors (Lipinski definition) is 3. The lowest BCUT2D eigenvalue weighted by Crippen LogP contribution is -2.39. The third kappa shape index (κ3) is 3.14. The predicted molar refractivity (Wildman–Crippen MR) is 64.0 cm³/mol. The molecular formula is C11H22N2S. The summed E-state index contributed by atoms with van der Waals surface area (Å²) in [6, 6.07) is 0.805. The summed E-state index contributed by atoms with van der Waals surface area (Å²) in [5.74, 6) is 2.29. The van der Waals surface area contributed by atoms with Crippen molar-refractivity contribution in [2.24, 2.45) is 5.92 Å². The summed E-state index contributed by atoms with van der Waals surface area (Å²) in [6.07, 6.45) is 6.47. The molecule has 14 heavy (non-hydrogen) atoms. The highest BCUT2D eigenvalue weighted by Crippen LogP contribution is 2.33. The standard InChI is InChI=1S/C11H22N2S/c1-14-8-7-13-6-2-5-12-11(9-13)10-3-4-10/h10-12H,2-9H2,1H3. The van der Waals surface area contributed by atoms with E-state index in [4.69, 9.17) is 0 Å². The molecule has 0 amide bonds. The van der Waals surface area contributed by atoms with E-state index in [2.05, 4.69) is 16.5 Å². The van der Waals surface area contributed by atoms with Gasteiger partial charge in [-0.25, -0.2) is 0 Å². The molecule has 0 aromatic heterocycles. The van der Waals surface area contributed by atoms with E-state index in [0.29, 0.717) is 0 Å². The number of nitrogens with one attached hydrogen (secondary N) is 1. The Morgan fingerprint density at radius 2 is 2.29 bits per heavy atom. The molecule has 1 saturated heterocycles. The smallest absolute Gasteiger partial charge is 0.0223 e. The van der Waals surface area contributed by atoms with Gasteiger partial charge in [0.15, 0.2) is 0 Å². The molecule has 1 atom stereocenters. The first-order chi connectivity index (χ1) is 6.90. The van der Waals surface area contributed by atoms with Crippen molar-refractivity contribution in [2.75, 3.05) is 38.2 Å². The van der Waals surface area contributed by atoms with E-state index < -0.39 is 0 Å². The zero-order chi connectivity index (χ0) is 9.80. The van der Waals surface area contributed by atoms with Crippen molar-refractivity contribution in [1.82, 2.24) is 10.2 Å². The summed E-state index contributed by atoms with van der Waals surface area (Å²) >= 11 is 1.97. The Balaban J connectivity index is 1.77. The van der Waals surface area contributed by atoms with Gasteiger partial charge in [0.25, 0.3) is 0 Å². The van der Waals surface area contributed by atoms with E-state index in [0.717, 1.165) is 12.0 Å². The molecule has 1 saturated carbocycles. The van der Waals surface area contributed by atoms with Gasteiger partial charge in [-0.15, -0.1) is 0 Å². The van der Waals surface area contributed by atoms with Crippen LogP contribution in [0.4, 0.5) is 0 Å². The van der Waals surface area contributed by atoms with Crippen LogP contribution >= 0.6 is 11.8 Å². The topological polar surface area (TPSA) is 15.3 Å². The van der Waals surface area contributed by atoms with E-state index >= 15 is 0 Å².